The number of carbonyl (C=O) groups excluding carboxylic acids is 1. The standard InChI is InChI=1S/C25H37FN4O5/c1-16(2)23-28-25(35-29-23)30-10-8-18(9-11-30)5-4-12-34-20-6-7-21(22(26)13-20)17(3)24(33)27-19(14-31)15-32/h6-7,13,16-19,31-32H,4-5,8-12,14-15H2,1-3H3,(H,27,33). The second-order valence-corrected chi connectivity index (χ2v) is 9.49. The van der Waals surface area contributed by atoms with Crippen molar-refractivity contribution in [2.24, 2.45) is 5.92 Å². The summed E-state index contributed by atoms with van der Waals surface area (Å²) in [5.74, 6) is 0.254. The molecule has 0 spiro atoms. The molecule has 35 heavy (non-hydrogen) atoms. The first-order valence-corrected chi connectivity index (χ1v) is 12.3. The Balaban J connectivity index is 1.39. The predicted octanol–water partition coefficient (Wildman–Crippen LogP) is 2.98. The normalized spacial score (nSPS) is 15.6. The zero-order chi connectivity index (χ0) is 25.4. The van der Waals surface area contributed by atoms with Crippen LogP contribution in [-0.2, 0) is 4.79 Å². The summed E-state index contributed by atoms with van der Waals surface area (Å²) >= 11 is 0. The number of anilines is 1. The summed E-state index contributed by atoms with van der Waals surface area (Å²) in [6.07, 6.45) is 4.00. The molecule has 1 aromatic carbocycles. The van der Waals surface area contributed by atoms with Crippen LogP contribution in [0.4, 0.5) is 10.4 Å². The van der Waals surface area contributed by atoms with Gasteiger partial charge in [0.05, 0.1) is 31.8 Å². The lowest BCUT2D eigenvalue weighted by Crippen LogP contribution is -2.42. The fourth-order valence-electron chi connectivity index (χ4n) is 4.13. The summed E-state index contributed by atoms with van der Waals surface area (Å²) in [6, 6.07) is 4.34. The molecule has 1 aliphatic heterocycles. The molecule has 1 saturated heterocycles. The highest BCUT2D eigenvalue weighted by Gasteiger charge is 2.24. The van der Waals surface area contributed by atoms with E-state index in [0.29, 0.717) is 24.3 Å². The van der Waals surface area contributed by atoms with Gasteiger partial charge >= 0.3 is 6.01 Å². The summed E-state index contributed by atoms with van der Waals surface area (Å²) < 4.78 is 25.7. The van der Waals surface area contributed by atoms with Gasteiger partial charge in [-0.1, -0.05) is 25.1 Å². The van der Waals surface area contributed by atoms with E-state index in [-0.39, 0.29) is 24.7 Å². The second-order valence-electron chi connectivity index (χ2n) is 9.49. The molecular weight excluding hydrogens is 455 g/mol. The zero-order valence-electron chi connectivity index (χ0n) is 20.7. The Morgan fingerprint density at radius 1 is 1.26 bits per heavy atom. The maximum atomic E-state index is 14.6. The highest BCUT2D eigenvalue weighted by atomic mass is 19.1. The highest BCUT2D eigenvalue weighted by molar-refractivity contribution is 5.83. The monoisotopic (exact) mass is 492 g/mol. The van der Waals surface area contributed by atoms with Crippen LogP contribution in [0.5, 0.6) is 5.75 Å². The molecule has 194 valence electrons. The molecule has 10 heteroatoms. The van der Waals surface area contributed by atoms with Crippen molar-refractivity contribution in [2.45, 2.75) is 64.3 Å². The molecule has 2 aromatic rings. The number of amides is 1. The molecular formula is C25H37FN4O5. The van der Waals surface area contributed by atoms with Gasteiger partial charge in [0.15, 0.2) is 5.82 Å². The summed E-state index contributed by atoms with van der Waals surface area (Å²) in [6.45, 7) is 7.15. The van der Waals surface area contributed by atoms with Crippen LogP contribution in [0.3, 0.4) is 0 Å². The maximum absolute atomic E-state index is 14.6. The van der Waals surface area contributed by atoms with Crippen molar-refractivity contribution in [3.63, 3.8) is 0 Å². The molecule has 0 aliphatic carbocycles. The number of piperidine rings is 1. The number of benzene rings is 1. The fourth-order valence-corrected chi connectivity index (χ4v) is 4.13. The van der Waals surface area contributed by atoms with E-state index >= 15 is 0 Å². The van der Waals surface area contributed by atoms with Gasteiger partial charge < -0.3 is 29.7 Å². The number of aliphatic hydroxyl groups is 2. The van der Waals surface area contributed by atoms with Gasteiger partial charge in [-0.2, -0.15) is 4.98 Å². The summed E-state index contributed by atoms with van der Waals surface area (Å²) in [4.78, 5) is 18.9. The van der Waals surface area contributed by atoms with Crippen molar-refractivity contribution >= 4 is 11.9 Å². The maximum Gasteiger partial charge on any atom is 0.324 e. The first-order valence-electron chi connectivity index (χ1n) is 12.3. The number of rotatable bonds is 12. The Kier molecular flexibility index (Phi) is 9.85. The SMILES string of the molecule is CC(C)c1noc(N2CCC(CCCOc3ccc(C(C)C(=O)NC(CO)CO)c(F)c3)CC2)n1. The lowest BCUT2D eigenvalue weighted by molar-refractivity contribution is -0.123. The fraction of sp³-hybridized carbons (Fsp3) is 0.640. The molecule has 2 heterocycles. The summed E-state index contributed by atoms with van der Waals surface area (Å²) in [5.41, 5.74) is 0.234. The number of ether oxygens (including phenoxy) is 1. The summed E-state index contributed by atoms with van der Waals surface area (Å²) in [5, 5.41) is 24.7. The van der Waals surface area contributed by atoms with E-state index < -0.39 is 23.7 Å². The van der Waals surface area contributed by atoms with Crippen LogP contribution in [0.2, 0.25) is 0 Å². The van der Waals surface area contributed by atoms with Crippen LogP contribution in [0.1, 0.15) is 69.7 Å². The van der Waals surface area contributed by atoms with Crippen LogP contribution in [0.15, 0.2) is 22.7 Å². The van der Waals surface area contributed by atoms with Gasteiger partial charge in [0.1, 0.15) is 11.6 Å². The van der Waals surface area contributed by atoms with Gasteiger partial charge in [-0.15, -0.1) is 0 Å². The number of nitrogens with zero attached hydrogens (tertiary/aromatic N) is 3. The molecule has 1 aliphatic rings. The van der Waals surface area contributed by atoms with E-state index in [4.69, 9.17) is 19.5 Å². The van der Waals surface area contributed by atoms with Gasteiger partial charge in [0, 0.05) is 30.6 Å². The quantitative estimate of drug-likeness (QED) is 0.387. The number of aliphatic hydroxyl groups excluding tert-OH is 2. The Labute approximate surface area is 205 Å². The lowest BCUT2D eigenvalue weighted by Gasteiger charge is -2.30. The smallest absolute Gasteiger partial charge is 0.324 e. The Hall–Kier alpha value is -2.72. The van der Waals surface area contributed by atoms with Crippen molar-refractivity contribution in [1.82, 2.24) is 15.5 Å². The van der Waals surface area contributed by atoms with E-state index in [1.807, 2.05) is 13.8 Å². The van der Waals surface area contributed by atoms with Crippen molar-refractivity contribution in [1.29, 1.82) is 0 Å². The largest absolute Gasteiger partial charge is 0.493 e. The van der Waals surface area contributed by atoms with Gasteiger partial charge in [-0.25, -0.2) is 4.39 Å². The number of halogens is 1. The third kappa shape index (κ3) is 7.38. The Morgan fingerprint density at radius 3 is 2.57 bits per heavy atom. The Bertz CT molecular complexity index is 942. The molecule has 0 bridgehead atoms. The van der Waals surface area contributed by atoms with E-state index in [1.165, 1.54) is 6.07 Å². The van der Waals surface area contributed by atoms with E-state index in [2.05, 4.69) is 20.4 Å². The predicted molar refractivity (Wildman–Crippen MR) is 129 cm³/mol. The molecule has 3 N–H and O–H groups in total. The highest BCUT2D eigenvalue weighted by Crippen LogP contribution is 2.27. The summed E-state index contributed by atoms with van der Waals surface area (Å²) in [7, 11) is 0. The number of carbonyl (C=O) groups is 1. The topological polar surface area (TPSA) is 121 Å². The van der Waals surface area contributed by atoms with Crippen LogP contribution < -0.4 is 15.0 Å². The van der Waals surface area contributed by atoms with Gasteiger partial charge in [0.2, 0.25) is 5.91 Å². The first-order chi connectivity index (χ1) is 16.8. The Morgan fingerprint density at radius 2 is 1.97 bits per heavy atom. The molecule has 1 fully saturated rings. The van der Waals surface area contributed by atoms with E-state index in [9.17, 15) is 9.18 Å². The van der Waals surface area contributed by atoms with E-state index in [1.54, 1.807) is 19.1 Å². The molecule has 1 aromatic heterocycles. The van der Waals surface area contributed by atoms with Crippen molar-refractivity contribution in [3.8, 4) is 5.75 Å². The number of hydrogen-bond acceptors (Lipinski definition) is 8. The van der Waals surface area contributed by atoms with Crippen LogP contribution >= 0.6 is 0 Å². The first kappa shape index (κ1) is 26.9. The van der Waals surface area contributed by atoms with Gasteiger partial charge in [-0.05, 0) is 44.6 Å². The minimum absolute atomic E-state index is 0.234. The van der Waals surface area contributed by atoms with Crippen molar-refractivity contribution in [3.05, 3.63) is 35.4 Å². The van der Waals surface area contributed by atoms with Crippen molar-refractivity contribution < 1.29 is 28.7 Å². The average molecular weight is 493 g/mol. The molecule has 3 rings (SSSR count). The van der Waals surface area contributed by atoms with Gasteiger partial charge in [0.25, 0.3) is 0 Å². The third-order valence-electron chi connectivity index (χ3n) is 6.48. The molecule has 0 radical (unpaired) electrons. The molecule has 1 amide bonds. The van der Waals surface area contributed by atoms with Gasteiger partial charge in [-0.3, -0.25) is 4.79 Å². The number of aromatic nitrogens is 2. The minimum Gasteiger partial charge on any atom is -0.493 e. The van der Waals surface area contributed by atoms with Crippen LogP contribution in [-0.4, -0.2) is 65.2 Å². The van der Waals surface area contributed by atoms with Crippen molar-refractivity contribution in [2.75, 3.05) is 37.8 Å². The van der Waals surface area contributed by atoms with Crippen LogP contribution in [0.25, 0.3) is 0 Å². The minimum atomic E-state index is -0.764. The number of hydrogen-bond donors (Lipinski definition) is 3. The van der Waals surface area contributed by atoms with E-state index in [0.717, 1.165) is 44.6 Å². The second kappa shape index (κ2) is 12.8. The number of nitrogens with one attached hydrogen (secondary N) is 1. The molecule has 9 nitrogen and oxygen atoms in total. The average Bonchev–Trinajstić information content (AvgIpc) is 3.36. The molecule has 1 unspecified atom stereocenters. The zero-order valence-corrected chi connectivity index (χ0v) is 20.7. The lowest BCUT2D eigenvalue weighted by atomic mass is 9.92. The molecule has 0 saturated carbocycles. The molecule has 1 atom stereocenters. The van der Waals surface area contributed by atoms with Crippen LogP contribution in [0, 0.1) is 11.7 Å². The third-order valence-corrected chi connectivity index (χ3v) is 6.48.